The third-order valence-corrected chi connectivity index (χ3v) is 6.79. The van der Waals surface area contributed by atoms with Crippen LogP contribution in [0.2, 0.25) is 0 Å². The second kappa shape index (κ2) is 13.5. The van der Waals surface area contributed by atoms with E-state index in [0.29, 0.717) is 29.8 Å². The molecule has 0 aromatic heterocycles. The van der Waals surface area contributed by atoms with Crippen molar-refractivity contribution < 1.29 is 58.2 Å². The number of alkyl halides is 7. The first-order chi connectivity index (χ1) is 21.9. The number of rotatable bonds is 11. The summed E-state index contributed by atoms with van der Waals surface area (Å²) in [6, 6.07) is 13.7. The molecule has 0 bridgehead atoms. The highest BCUT2D eigenvalue weighted by atomic mass is 19.4. The van der Waals surface area contributed by atoms with Crippen LogP contribution >= 0.6 is 0 Å². The molecule has 4 aromatic rings. The van der Waals surface area contributed by atoms with Crippen molar-refractivity contribution >= 4 is 5.91 Å². The van der Waals surface area contributed by atoms with Gasteiger partial charge in [0, 0.05) is 18.1 Å². The number of carbonyl (C=O) groups is 1. The first-order valence-electron chi connectivity index (χ1n) is 13.8. The number of halogens is 10. The topological polar surface area (TPSA) is 47.6 Å². The molecule has 0 fully saturated rings. The Morgan fingerprint density at radius 1 is 0.766 bits per heavy atom. The molecule has 0 aliphatic carbocycles. The van der Waals surface area contributed by atoms with Crippen molar-refractivity contribution in [2.45, 2.75) is 50.6 Å². The average Bonchev–Trinajstić information content (AvgIpc) is 2.96. The Hall–Kier alpha value is -4.75. The minimum atomic E-state index is -5.08. The third-order valence-electron chi connectivity index (χ3n) is 6.79. The predicted molar refractivity (Wildman–Crippen MR) is 150 cm³/mol. The summed E-state index contributed by atoms with van der Waals surface area (Å²) in [5.74, 6) is -6.47. The van der Waals surface area contributed by atoms with E-state index < -0.39 is 82.6 Å². The molecule has 14 heteroatoms. The lowest BCUT2D eigenvalue weighted by atomic mass is 9.77. The van der Waals surface area contributed by atoms with Crippen molar-refractivity contribution in [2.75, 3.05) is 0 Å². The highest BCUT2D eigenvalue weighted by molar-refractivity contribution is 5.95. The molecule has 0 aliphatic heterocycles. The van der Waals surface area contributed by atoms with Crippen molar-refractivity contribution in [3.05, 3.63) is 130 Å². The van der Waals surface area contributed by atoms with Gasteiger partial charge in [-0.3, -0.25) is 4.79 Å². The fourth-order valence-corrected chi connectivity index (χ4v) is 4.79. The highest BCUT2D eigenvalue weighted by Crippen LogP contribution is 2.40. The predicted octanol–water partition coefficient (Wildman–Crippen LogP) is 9.06. The van der Waals surface area contributed by atoms with E-state index in [1.807, 2.05) is 0 Å². The molecule has 0 radical (unpaired) electrons. The number of nitrogens with one attached hydrogen (secondary N) is 1. The lowest BCUT2D eigenvalue weighted by Crippen LogP contribution is -2.49. The van der Waals surface area contributed by atoms with Gasteiger partial charge in [-0.1, -0.05) is 36.4 Å². The van der Waals surface area contributed by atoms with E-state index in [2.05, 4.69) is 10.1 Å². The molecule has 250 valence electrons. The molecule has 0 saturated carbocycles. The summed E-state index contributed by atoms with van der Waals surface area (Å²) in [6.07, 6.45) is -15.5. The molecule has 1 N–H and O–H groups in total. The van der Waals surface area contributed by atoms with Gasteiger partial charge in [-0.2, -0.15) is 30.7 Å². The van der Waals surface area contributed by atoms with Gasteiger partial charge < -0.3 is 14.8 Å². The van der Waals surface area contributed by atoms with Crippen LogP contribution in [0.5, 0.6) is 11.5 Å². The Labute approximate surface area is 261 Å². The second-order valence-corrected chi connectivity index (χ2v) is 10.7. The van der Waals surface area contributed by atoms with E-state index in [1.54, 1.807) is 32.0 Å². The quantitative estimate of drug-likeness (QED) is 0.162. The Morgan fingerprint density at radius 2 is 1.40 bits per heavy atom. The standard InChI is InChI=1S/C33H25F10NO3/c1-18(2)46-28-15-21(8-9-27(28)36)31(17-19-6-4-3-5-7-19,22-12-25(35)16-26(14-22)47-33(42,43)30(37)38)44-29(45)20-10-23(32(39,40)41)13-24(34)11-20/h3-16,18,30H,17H2,1-2H3,(H,44,45)/t31-/m1/s1. The van der Waals surface area contributed by atoms with Gasteiger partial charge >= 0.3 is 18.7 Å². The van der Waals surface area contributed by atoms with Gasteiger partial charge in [-0.15, -0.1) is 0 Å². The Balaban J connectivity index is 2.03. The lowest BCUT2D eigenvalue weighted by Gasteiger charge is -2.37. The van der Waals surface area contributed by atoms with Gasteiger partial charge in [-0.05, 0) is 73.0 Å². The summed E-state index contributed by atoms with van der Waals surface area (Å²) in [7, 11) is 0. The van der Waals surface area contributed by atoms with Gasteiger partial charge in [0.2, 0.25) is 0 Å². The zero-order chi connectivity index (χ0) is 34.7. The zero-order valence-electron chi connectivity index (χ0n) is 24.4. The Morgan fingerprint density at radius 3 is 2.02 bits per heavy atom. The monoisotopic (exact) mass is 673 g/mol. The van der Waals surface area contributed by atoms with Crippen LogP contribution in [-0.2, 0) is 18.1 Å². The minimum Gasteiger partial charge on any atom is -0.488 e. The molecule has 4 nitrogen and oxygen atoms in total. The van der Waals surface area contributed by atoms with E-state index in [4.69, 9.17) is 4.74 Å². The molecule has 0 spiro atoms. The first-order valence-corrected chi connectivity index (χ1v) is 13.8. The van der Waals surface area contributed by atoms with Gasteiger partial charge in [0.05, 0.1) is 17.2 Å². The van der Waals surface area contributed by atoms with Crippen LogP contribution in [0.15, 0.2) is 84.9 Å². The molecular weight excluding hydrogens is 648 g/mol. The van der Waals surface area contributed by atoms with Crippen molar-refractivity contribution in [1.29, 1.82) is 0 Å². The van der Waals surface area contributed by atoms with E-state index in [0.717, 1.165) is 24.3 Å². The van der Waals surface area contributed by atoms with Gasteiger partial charge in [-0.25, -0.2) is 13.2 Å². The SMILES string of the molecule is CC(C)Oc1cc([C@@](Cc2ccccc2)(NC(=O)c2cc(F)cc(C(F)(F)F)c2)c2cc(F)cc(OC(F)(F)C(F)F)c2)ccc1F. The van der Waals surface area contributed by atoms with Crippen LogP contribution in [0.1, 0.15) is 46.5 Å². The van der Waals surface area contributed by atoms with E-state index in [1.165, 1.54) is 12.1 Å². The number of hydrogen-bond donors (Lipinski definition) is 1. The molecule has 0 heterocycles. The van der Waals surface area contributed by atoms with Crippen molar-refractivity contribution in [2.24, 2.45) is 0 Å². The third kappa shape index (κ3) is 8.35. The molecular formula is C33H25F10NO3. The average molecular weight is 674 g/mol. The molecule has 1 atom stereocenters. The Bertz CT molecular complexity index is 1730. The number of ether oxygens (including phenoxy) is 2. The molecule has 0 aliphatic rings. The maximum Gasteiger partial charge on any atom is 0.461 e. The summed E-state index contributed by atoms with van der Waals surface area (Å²) < 4.78 is 148. The van der Waals surface area contributed by atoms with Gasteiger partial charge in [0.25, 0.3) is 5.91 Å². The fourth-order valence-electron chi connectivity index (χ4n) is 4.79. The van der Waals surface area contributed by atoms with Crippen molar-refractivity contribution in [3.8, 4) is 11.5 Å². The fraction of sp³-hybridized carbons (Fsp3) is 0.242. The van der Waals surface area contributed by atoms with Crippen LogP contribution < -0.4 is 14.8 Å². The normalized spacial score (nSPS) is 13.4. The van der Waals surface area contributed by atoms with Gasteiger partial charge in [0.1, 0.15) is 17.4 Å². The maximum absolute atomic E-state index is 15.1. The van der Waals surface area contributed by atoms with E-state index in [-0.39, 0.29) is 17.4 Å². The summed E-state index contributed by atoms with van der Waals surface area (Å²) in [6.45, 7) is 3.12. The summed E-state index contributed by atoms with van der Waals surface area (Å²) in [5.41, 5.74) is -4.75. The second-order valence-electron chi connectivity index (χ2n) is 10.7. The minimum absolute atomic E-state index is 0.114. The molecule has 4 aromatic carbocycles. The van der Waals surface area contributed by atoms with Crippen LogP contribution in [0.25, 0.3) is 0 Å². The molecule has 4 rings (SSSR count). The van der Waals surface area contributed by atoms with E-state index in [9.17, 15) is 44.3 Å². The number of carbonyl (C=O) groups excluding carboxylic acids is 1. The highest BCUT2D eigenvalue weighted by Gasteiger charge is 2.45. The summed E-state index contributed by atoms with van der Waals surface area (Å²) >= 11 is 0. The molecule has 47 heavy (non-hydrogen) atoms. The van der Waals surface area contributed by atoms with Crippen LogP contribution in [0.3, 0.4) is 0 Å². The molecule has 0 unspecified atom stereocenters. The van der Waals surface area contributed by atoms with Crippen molar-refractivity contribution in [3.63, 3.8) is 0 Å². The first kappa shape index (κ1) is 35.1. The zero-order valence-corrected chi connectivity index (χ0v) is 24.4. The summed E-state index contributed by atoms with van der Waals surface area (Å²) in [5, 5.41) is 2.47. The smallest absolute Gasteiger partial charge is 0.461 e. The number of benzene rings is 4. The Kier molecular flexibility index (Phi) is 10.1. The van der Waals surface area contributed by atoms with Crippen LogP contribution in [0.4, 0.5) is 43.9 Å². The lowest BCUT2D eigenvalue weighted by molar-refractivity contribution is -0.253. The van der Waals surface area contributed by atoms with Crippen LogP contribution in [-0.4, -0.2) is 24.5 Å². The van der Waals surface area contributed by atoms with Gasteiger partial charge in [0.15, 0.2) is 11.6 Å². The van der Waals surface area contributed by atoms with Crippen LogP contribution in [0, 0.1) is 17.5 Å². The van der Waals surface area contributed by atoms with E-state index >= 15 is 4.39 Å². The summed E-state index contributed by atoms with van der Waals surface area (Å²) in [4.78, 5) is 13.8. The maximum atomic E-state index is 15.1. The number of hydrogen-bond acceptors (Lipinski definition) is 3. The number of amides is 1. The largest absolute Gasteiger partial charge is 0.488 e. The molecule has 1 amide bonds. The van der Waals surface area contributed by atoms with Crippen molar-refractivity contribution in [1.82, 2.24) is 5.32 Å². The molecule has 0 saturated heterocycles.